The zero-order valence-electron chi connectivity index (χ0n) is 17.1. The minimum absolute atomic E-state index is 0.733. The third-order valence-electron chi connectivity index (χ3n) is 5.06. The lowest BCUT2D eigenvalue weighted by molar-refractivity contribution is 0.312. The Labute approximate surface area is 171 Å². The molecule has 8 heteroatoms. The van der Waals surface area contributed by atoms with Crippen LogP contribution < -0.4 is 20.3 Å². The minimum Gasteiger partial charge on any atom is -0.494 e. The van der Waals surface area contributed by atoms with Gasteiger partial charge in [-0.05, 0) is 25.2 Å². The highest BCUT2D eigenvalue weighted by Gasteiger charge is 2.16. The summed E-state index contributed by atoms with van der Waals surface area (Å²) in [5.74, 6) is 2.32. The lowest BCUT2D eigenvalue weighted by Gasteiger charge is -2.34. The number of methoxy groups -OCH3 is 1. The second kappa shape index (κ2) is 8.40. The molecule has 4 rings (SSSR count). The first kappa shape index (κ1) is 19.1. The number of hydrogen-bond donors (Lipinski definition) is 2. The largest absolute Gasteiger partial charge is 0.494 e. The Morgan fingerprint density at radius 2 is 1.76 bits per heavy atom. The molecule has 0 unspecified atom stereocenters. The Kier molecular flexibility index (Phi) is 5.53. The smallest absolute Gasteiger partial charge is 0.152 e. The first-order valence-electron chi connectivity index (χ1n) is 9.72. The van der Waals surface area contributed by atoms with Gasteiger partial charge in [0.1, 0.15) is 11.6 Å². The second-order valence-corrected chi connectivity index (χ2v) is 7.23. The number of piperazine rings is 1. The van der Waals surface area contributed by atoms with Crippen LogP contribution in [0.1, 0.15) is 0 Å². The molecule has 0 atom stereocenters. The lowest BCUT2D eigenvalue weighted by atomic mass is 10.2. The van der Waals surface area contributed by atoms with Crippen LogP contribution in [0.5, 0.6) is 5.75 Å². The quantitative estimate of drug-likeness (QED) is 0.667. The predicted molar refractivity (Wildman–Crippen MR) is 117 cm³/mol. The monoisotopic (exact) mass is 393 g/mol. The first-order valence-corrected chi connectivity index (χ1v) is 9.72. The highest BCUT2D eigenvalue weighted by Crippen LogP contribution is 2.32. The molecule has 2 aromatic heterocycles. The molecule has 3 aromatic rings. The zero-order chi connectivity index (χ0) is 20.2. The number of benzene rings is 1. The number of likely N-dealkylation sites (N-methyl/N-ethyl adjacent to an activating group) is 1. The van der Waals surface area contributed by atoms with Crippen LogP contribution in [-0.4, -0.2) is 60.0 Å². The van der Waals surface area contributed by atoms with Crippen molar-refractivity contribution in [3.05, 3.63) is 48.8 Å². The van der Waals surface area contributed by atoms with Crippen LogP contribution in [0.3, 0.4) is 0 Å². The molecule has 0 saturated carbocycles. The van der Waals surface area contributed by atoms with Crippen molar-refractivity contribution in [3.8, 4) is 5.75 Å². The molecule has 2 N–H and O–H groups in total. The van der Waals surface area contributed by atoms with Crippen LogP contribution >= 0.6 is 0 Å². The molecule has 1 aliphatic rings. The van der Waals surface area contributed by atoms with Crippen LogP contribution in [0.4, 0.5) is 28.7 Å². The van der Waals surface area contributed by atoms with Crippen molar-refractivity contribution < 1.29 is 4.74 Å². The van der Waals surface area contributed by atoms with E-state index in [-0.39, 0.29) is 0 Å². The van der Waals surface area contributed by atoms with Gasteiger partial charge in [-0.15, -0.1) is 0 Å². The Morgan fingerprint density at radius 1 is 0.931 bits per heavy atom. The summed E-state index contributed by atoms with van der Waals surface area (Å²) in [6, 6.07) is 12.0. The van der Waals surface area contributed by atoms with Crippen LogP contribution in [0.25, 0.3) is 0 Å². The maximum Gasteiger partial charge on any atom is 0.152 e. The summed E-state index contributed by atoms with van der Waals surface area (Å²) in [5, 5.41) is 11.0. The van der Waals surface area contributed by atoms with Gasteiger partial charge in [-0.3, -0.25) is 4.68 Å². The van der Waals surface area contributed by atoms with Gasteiger partial charge in [0, 0.05) is 75.2 Å². The molecular formula is C21H27N7O. The number of hydrogen-bond acceptors (Lipinski definition) is 7. The fraction of sp³-hybridized carbons (Fsp3) is 0.333. The first-order chi connectivity index (χ1) is 14.1. The SMILES string of the molecule is COc1cc(N2CCN(C)CC2)ccc1Nc1cc(Nc2ccn(C)n2)ccn1. The molecule has 29 heavy (non-hydrogen) atoms. The van der Waals surface area contributed by atoms with Gasteiger partial charge in [-0.25, -0.2) is 4.98 Å². The molecule has 8 nitrogen and oxygen atoms in total. The number of nitrogens with zero attached hydrogens (tertiary/aromatic N) is 5. The van der Waals surface area contributed by atoms with Crippen molar-refractivity contribution in [2.75, 3.05) is 55.9 Å². The number of aryl methyl sites for hydroxylation is 1. The molecule has 0 radical (unpaired) electrons. The van der Waals surface area contributed by atoms with E-state index < -0.39 is 0 Å². The molecule has 3 heterocycles. The number of aromatic nitrogens is 3. The van der Waals surface area contributed by atoms with Crippen molar-refractivity contribution in [1.29, 1.82) is 0 Å². The Balaban J connectivity index is 1.49. The summed E-state index contributed by atoms with van der Waals surface area (Å²) >= 11 is 0. The van der Waals surface area contributed by atoms with Gasteiger partial charge in [0.25, 0.3) is 0 Å². The normalized spacial score (nSPS) is 14.7. The lowest BCUT2D eigenvalue weighted by Crippen LogP contribution is -2.44. The molecule has 152 valence electrons. The van der Waals surface area contributed by atoms with E-state index in [1.165, 1.54) is 5.69 Å². The summed E-state index contributed by atoms with van der Waals surface area (Å²) in [7, 11) is 5.75. The van der Waals surface area contributed by atoms with Crippen LogP contribution in [0, 0.1) is 0 Å². The van der Waals surface area contributed by atoms with Crippen LogP contribution in [-0.2, 0) is 7.05 Å². The molecule has 1 aromatic carbocycles. The number of pyridine rings is 1. The van der Waals surface area contributed by atoms with E-state index in [9.17, 15) is 0 Å². The van der Waals surface area contributed by atoms with Gasteiger partial charge in [-0.1, -0.05) is 0 Å². The van der Waals surface area contributed by atoms with Gasteiger partial charge in [-0.2, -0.15) is 5.10 Å². The van der Waals surface area contributed by atoms with Gasteiger partial charge in [0.05, 0.1) is 12.8 Å². The van der Waals surface area contributed by atoms with E-state index >= 15 is 0 Å². The van der Waals surface area contributed by atoms with Crippen molar-refractivity contribution in [3.63, 3.8) is 0 Å². The van der Waals surface area contributed by atoms with E-state index in [4.69, 9.17) is 4.74 Å². The Hall–Kier alpha value is -3.26. The number of nitrogens with one attached hydrogen (secondary N) is 2. The van der Waals surface area contributed by atoms with E-state index in [0.29, 0.717) is 0 Å². The molecule has 0 bridgehead atoms. The predicted octanol–water partition coefficient (Wildman–Crippen LogP) is 3.06. The summed E-state index contributed by atoms with van der Waals surface area (Å²) in [6.07, 6.45) is 3.66. The Morgan fingerprint density at radius 3 is 2.48 bits per heavy atom. The summed E-state index contributed by atoms with van der Waals surface area (Å²) < 4.78 is 7.40. The molecule has 0 amide bonds. The maximum absolute atomic E-state index is 5.64. The standard InChI is InChI=1S/C21H27N7O/c1-26-10-12-28(13-11-26)17-4-5-18(19(15-17)29-3)24-21-14-16(6-8-22-21)23-20-7-9-27(2)25-20/h4-9,14-15H,10-13H2,1-3H3,(H2,22,23,24,25). The zero-order valence-corrected chi connectivity index (χ0v) is 17.1. The number of rotatable bonds is 6. The molecular weight excluding hydrogens is 366 g/mol. The van der Waals surface area contributed by atoms with E-state index in [2.05, 4.69) is 49.7 Å². The third-order valence-corrected chi connectivity index (χ3v) is 5.06. The maximum atomic E-state index is 5.64. The van der Waals surface area contributed by atoms with Gasteiger partial charge < -0.3 is 25.2 Å². The summed E-state index contributed by atoms with van der Waals surface area (Å²) in [4.78, 5) is 9.17. The average molecular weight is 393 g/mol. The van der Waals surface area contributed by atoms with Gasteiger partial charge in [0.2, 0.25) is 0 Å². The molecule has 0 spiro atoms. The van der Waals surface area contributed by atoms with Crippen molar-refractivity contribution in [1.82, 2.24) is 19.7 Å². The highest BCUT2D eigenvalue weighted by molar-refractivity contribution is 5.71. The fourth-order valence-electron chi connectivity index (χ4n) is 3.39. The van der Waals surface area contributed by atoms with E-state index in [0.717, 1.165) is 54.9 Å². The van der Waals surface area contributed by atoms with Crippen LogP contribution in [0.2, 0.25) is 0 Å². The van der Waals surface area contributed by atoms with Gasteiger partial charge >= 0.3 is 0 Å². The molecule has 1 aliphatic heterocycles. The molecule has 1 fully saturated rings. The summed E-state index contributed by atoms with van der Waals surface area (Å²) in [6.45, 7) is 4.19. The Bertz CT molecular complexity index is 963. The van der Waals surface area contributed by atoms with E-state index in [1.54, 1.807) is 18.0 Å². The van der Waals surface area contributed by atoms with Crippen LogP contribution in [0.15, 0.2) is 48.8 Å². The summed E-state index contributed by atoms with van der Waals surface area (Å²) in [5.41, 5.74) is 2.97. The fourth-order valence-corrected chi connectivity index (χ4v) is 3.39. The van der Waals surface area contributed by atoms with Gasteiger partial charge in [0.15, 0.2) is 5.82 Å². The molecule has 0 aliphatic carbocycles. The topological polar surface area (TPSA) is 70.5 Å². The molecule has 1 saturated heterocycles. The third kappa shape index (κ3) is 4.60. The minimum atomic E-state index is 0.733. The van der Waals surface area contributed by atoms with E-state index in [1.807, 2.05) is 37.5 Å². The van der Waals surface area contributed by atoms with Crippen molar-refractivity contribution in [2.24, 2.45) is 7.05 Å². The average Bonchev–Trinajstić information content (AvgIpc) is 3.14. The number of ether oxygens (including phenoxy) is 1. The van der Waals surface area contributed by atoms with Crippen molar-refractivity contribution >= 4 is 28.7 Å². The highest BCUT2D eigenvalue weighted by atomic mass is 16.5. The number of anilines is 5. The van der Waals surface area contributed by atoms with Crippen molar-refractivity contribution in [2.45, 2.75) is 0 Å². The second-order valence-electron chi connectivity index (χ2n) is 7.23.